The van der Waals surface area contributed by atoms with E-state index in [-0.39, 0.29) is 37.7 Å². The quantitative estimate of drug-likeness (QED) is 0.0261. The molecule has 0 amide bonds. The van der Waals surface area contributed by atoms with Gasteiger partial charge in [-0.05, 0) is 19.3 Å². The molecule has 0 atom stereocenters. The molecule has 0 aromatic carbocycles. The monoisotopic (exact) mass is 876 g/mol. The van der Waals surface area contributed by atoms with Crippen LogP contribution >= 0.6 is 0 Å². The Morgan fingerprint density at radius 1 is 0.323 bits per heavy atom. The first-order valence-electron chi connectivity index (χ1n) is 27.6. The second-order valence-corrected chi connectivity index (χ2v) is 19.7. The van der Waals surface area contributed by atoms with E-state index in [1.807, 2.05) is 0 Å². The van der Waals surface area contributed by atoms with Gasteiger partial charge in [-0.3, -0.25) is 19.3 Å². The summed E-state index contributed by atoms with van der Waals surface area (Å²) >= 11 is 0. The van der Waals surface area contributed by atoms with Gasteiger partial charge in [0.2, 0.25) is 0 Å². The van der Waals surface area contributed by atoms with Crippen molar-refractivity contribution >= 4 is 17.9 Å². The Morgan fingerprint density at radius 2 is 0.516 bits per heavy atom. The Kier molecular flexibility index (Phi) is 42.0. The van der Waals surface area contributed by atoms with Gasteiger partial charge in [-0.1, -0.05) is 252 Å². The molecule has 1 saturated heterocycles. The van der Waals surface area contributed by atoms with Crippen LogP contribution in [0.1, 0.15) is 290 Å². The highest BCUT2D eigenvalue weighted by Crippen LogP contribution is 2.26. The van der Waals surface area contributed by atoms with Crippen LogP contribution in [0.3, 0.4) is 0 Å². The number of nitrogens with zero attached hydrogens (tertiary/aromatic N) is 1. The molecule has 0 radical (unpaired) electrons. The third-order valence-electron chi connectivity index (χ3n) is 13.2. The third kappa shape index (κ3) is 39.9. The minimum atomic E-state index is -0.764. The lowest BCUT2D eigenvalue weighted by molar-refractivity contribution is -0.162. The number of hydrogen-bond donors (Lipinski definition) is 0. The van der Waals surface area contributed by atoms with Crippen molar-refractivity contribution in [2.24, 2.45) is 5.41 Å². The summed E-state index contributed by atoms with van der Waals surface area (Å²) in [4.78, 5) is 41.3. The van der Waals surface area contributed by atoms with Gasteiger partial charge >= 0.3 is 17.9 Å². The normalized spacial score (nSPS) is 12.8. The van der Waals surface area contributed by atoms with Crippen LogP contribution in [0.25, 0.3) is 0 Å². The molecule has 366 valence electrons. The Morgan fingerprint density at radius 3 is 0.710 bits per heavy atom. The van der Waals surface area contributed by atoms with E-state index in [1.54, 1.807) is 0 Å². The Balaban J connectivity index is 2.48. The molecule has 1 aliphatic rings. The number of hydrogen-bond acceptors (Lipinski definition) is 7. The van der Waals surface area contributed by atoms with Crippen molar-refractivity contribution in [1.29, 1.82) is 0 Å². The van der Waals surface area contributed by atoms with E-state index in [1.165, 1.54) is 193 Å². The number of rotatable bonds is 50. The highest BCUT2D eigenvalue weighted by Gasteiger charge is 2.40. The maximum Gasteiger partial charge on any atom is 0.305 e. The Bertz CT molecular complexity index is 886. The van der Waals surface area contributed by atoms with Crippen molar-refractivity contribution in [2.45, 2.75) is 290 Å². The van der Waals surface area contributed by atoms with Crippen LogP contribution in [0.15, 0.2) is 0 Å². The van der Waals surface area contributed by atoms with Crippen molar-refractivity contribution in [3.8, 4) is 0 Å². The van der Waals surface area contributed by atoms with E-state index in [2.05, 4.69) is 25.7 Å². The molecule has 0 bridgehead atoms. The van der Waals surface area contributed by atoms with E-state index < -0.39 is 5.41 Å². The molecule has 1 heterocycles. The van der Waals surface area contributed by atoms with Crippen LogP contribution in [-0.2, 0) is 28.6 Å². The fraction of sp³-hybridized carbons (Fsp3) is 0.945. The highest BCUT2D eigenvalue weighted by molar-refractivity contribution is 5.70. The van der Waals surface area contributed by atoms with Crippen LogP contribution in [-0.4, -0.2) is 62.3 Å². The largest absolute Gasteiger partial charge is 0.465 e. The number of unbranched alkanes of at least 4 members (excludes halogenated alkanes) is 36. The van der Waals surface area contributed by atoms with Crippen molar-refractivity contribution in [3.63, 3.8) is 0 Å². The van der Waals surface area contributed by atoms with Crippen LogP contribution in [0.4, 0.5) is 0 Å². The van der Waals surface area contributed by atoms with Crippen molar-refractivity contribution in [1.82, 2.24) is 4.90 Å². The van der Waals surface area contributed by atoms with Gasteiger partial charge in [0.05, 0.1) is 5.41 Å². The number of esters is 3. The van der Waals surface area contributed by atoms with Gasteiger partial charge in [0.15, 0.2) is 0 Å². The molecule has 1 rings (SSSR count). The van der Waals surface area contributed by atoms with Crippen molar-refractivity contribution in [3.05, 3.63) is 0 Å². The average Bonchev–Trinajstić information content (AvgIpc) is 4.10. The van der Waals surface area contributed by atoms with Gasteiger partial charge in [-0.15, -0.1) is 0 Å². The predicted molar refractivity (Wildman–Crippen MR) is 263 cm³/mol. The summed E-state index contributed by atoms with van der Waals surface area (Å²) in [6.45, 7) is 9.59. The van der Waals surface area contributed by atoms with E-state index in [9.17, 15) is 14.4 Å². The van der Waals surface area contributed by atoms with Crippen LogP contribution in [0, 0.1) is 5.41 Å². The maximum atomic E-state index is 13.0. The minimum absolute atomic E-state index is 0.0960. The van der Waals surface area contributed by atoms with Gasteiger partial charge in [-0.2, -0.15) is 0 Å². The molecule has 0 aromatic heterocycles. The standard InChI is InChI=1S/C55H105NO6/c1-4-7-10-13-16-19-22-25-28-31-34-37-40-43-52(57)60-49-55(48-56-46-47-56,50-61-53(58)44-41-38-35-32-29-26-23-20-17-14-11-8-5-2)51-62-54(59)45-42-39-36-33-30-27-24-21-18-15-12-9-6-3/h4-51H2,1-3H3. The summed E-state index contributed by atoms with van der Waals surface area (Å²) in [7, 11) is 0. The fourth-order valence-corrected chi connectivity index (χ4v) is 8.74. The number of ether oxygens (including phenoxy) is 3. The zero-order chi connectivity index (χ0) is 44.9. The van der Waals surface area contributed by atoms with E-state index in [4.69, 9.17) is 14.2 Å². The summed E-state index contributed by atoms with van der Waals surface area (Å²) in [6.07, 6.45) is 50.5. The van der Waals surface area contributed by atoms with Crippen LogP contribution in [0.2, 0.25) is 0 Å². The Labute approximate surface area is 385 Å². The second kappa shape index (κ2) is 44.6. The Hall–Kier alpha value is -1.63. The summed E-state index contributed by atoms with van der Waals surface area (Å²) in [5, 5.41) is 0. The lowest BCUT2D eigenvalue weighted by atomic mass is 9.90. The van der Waals surface area contributed by atoms with Gasteiger partial charge in [0.1, 0.15) is 19.8 Å². The molecule has 0 unspecified atom stereocenters. The second-order valence-electron chi connectivity index (χ2n) is 19.7. The summed E-state index contributed by atoms with van der Waals surface area (Å²) in [5.74, 6) is -0.625. The van der Waals surface area contributed by atoms with Crippen molar-refractivity contribution in [2.75, 3.05) is 39.5 Å². The molecule has 62 heavy (non-hydrogen) atoms. The molecular formula is C55H105NO6. The highest BCUT2D eigenvalue weighted by atomic mass is 16.6. The molecule has 1 aliphatic heterocycles. The zero-order valence-electron chi connectivity index (χ0n) is 41.8. The summed E-state index contributed by atoms with van der Waals surface area (Å²) in [5.41, 5.74) is -0.764. The van der Waals surface area contributed by atoms with Gasteiger partial charge in [-0.25, -0.2) is 0 Å². The zero-order valence-corrected chi connectivity index (χ0v) is 41.8. The first kappa shape index (κ1) is 58.4. The predicted octanol–water partition coefficient (Wildman–Crippen LogP) is 16.4. The lowest BCUT2D eigenvalue weighted by Gasteiger charge is -2.32. The summed E-state index contributed by atoms with van der Waals surface area (Å²) < 4.78 is 17.8. The van der Waals surface area contributed by atoms with Gasteiger partial charge in [0, 0.05) is 38.9 Å². The third-order valence-corrected chi connectivity index (χ3v) is 13.2. The van der Waals surface area contributed by atoms with Gasteiger partial charge < -0.3 is 14.2 Å². The SMILES string of the molecule is CCCCCCCCCCCCCCCC(=O)OCC(COC(=O)CCCCCCCCCCCCCCC)(COC(=O)CCCCCCCCCCCCCCC)CN1CC1. The average molecular weight is 876 g/mol. The van der Waals surface area contributed by atoms with E-state index >= 15 is 0 Å². The molecule has 0 aromatic rings. The van der Waals surface area contributed by atoms with Gasteiger partial charge in [0.25, 0.3) is 0 Å². The van der Waals surface area contributed by atoms with E-state index in [0.717, 1.165) is 70.9 Å². The van der Waals surface area contributed by atoms with E-state index in [0.29, 0.717) is 25.8 Å². The van der Waals surface area contributed by atoms with Crippen LogP contribution < -0.4 is 0 Å². The fourth-order valence-electron chi connectivity index (χ4n) is 8.74. The number of carbonyl (C=O) groups excluding carboxylic acids is 3. The van der Waals surface area contributed by atoms with Crippen molar-refractivity contribution < 1.29 is 28.6 Å². The molecule has 1 fully saturated rings. The minimum Gasteiger partial charge on any atom is -0.465 e. The first-order chi connectivity index (χ1) is 30.4. The lowest BCUT2D eigenvalue weighted by Crippen LogP contribution is -2.44. The molecule has 7 nitrogen and oxygen atoms in total. The first-order valence-corrected chi connectivity index (χ1v) is 27.6. The number of carbonyl (C=O) groups is 3. The topological polar surface area (TPSA) is 81.9 Å². The maximum absolute atomic E-state index is 13.0. The molecule has 0 N–H and O–H groups in total. The molecule has 7 heteroatoms. The molecule has 0 spiro atoms. The molecule has 0 saturated carbocycles. The summed E-state index contributed by atoms with van der Waals surface area (Å²) in [6, 6.07) is 0. The smallest absolute Gasteiger partial charge is 0.305 e. The molecular weight excluding hydrogens is 771 g/mol. The van der Waals surface area contributed by atoms with Crippen LogP contribution in [0.5, 0.6) is 0 Å². The molecule has 0 aliphatic carbocycles.